The van der Waals surface area contributed by atoms with Crippen LogP contribution in [0.1, 0.15) is 17.9 Å². The Morgan fingerprint density at radius 2 is 2.04 bits per heavy atom. The molecule has 1 aliphatic carbocycles. The summed E-state index contributed by atoms with van der Waals surface area (Å²) in [7, 11) is 1.27. The number of nitrogens with zero attached hydrogens (tertiary/aromatic N) is 1. The van der Waals surface area contributed by atoms with Gasteiger partial charge >= 0.3 is 5.97 Å². The Morgan fingerprint density at radius 1 is 1.32 bits per heavy atom. The van der Waals surface area contributed by atoms with Crippen LogP contribution in [0.3, 0.4) is 0 Å². The third kappa shape index (κ3) is 2.53. The number of hydrogen-bond donors (Lipinski definition) is 0. The molecule has 1 saturated carbocycles. The fraction of sp³-hybridized carbons (Fsp3) is 0.286. The van der Waals surface area contributed by atoms with Gasteiger partial charge in [-0.15, -0.1) is 6.58 Å². The molecule has 0 saturated heterocycles. The van der Waals surface area contributed by atoms with E-state index in [1.165, 1.54) is 7.11 Å². The van der Waals surface area contributed by atoms with Crippen LogP contribution < -0.4 is 0 Å². The second kappa shape index (κ2) is 6.52. The third-order valence-electron chi connectivity index (χ3n) is 5.31. The van der Waals surface area contributed by atoms with Crippen molar-refractivity contribution in [2.75, 3.05) is 7.11 Å². The molecule has 1 aliphatic rings. The lowest BCUT2D eigenvalue weighted by molar-refractivity contribution is -0.150. The highest BCUT2D eigenvalue weighted by atomic mass is 16.5. The molecule has 0 radical (unpaired) electrons. The lowest BCUT2D eigenvalue weighted by atomic mass is 9.72. The number of fused-ring (bicyclic) bond motifs is 1. The van der Waals surface area contributed by atoms with Crippen molar-refractivity contribution >= 4 is 23.0 Å². The maximum atomic E-state index is 12.5. The van der Waals surface area contributed by atoms with E-state index in [0.717, 1.165) is 22.6 Å². The molecule has 25 heavy (non-hydrogen) atoms. The van der Waals surface area contributed by atoms with E-state index in [-0.39, 0.29) is 12.3 Å². The summed E-state index contributed by atoms with van der Waals surface area (Å²) in [6, 6.07) is 15.8. The Kier molecular flexibility index (Phi) is 4.41. The lowest BCUT2D eigenvalue weighted by Gasteiger charge is -2.28. The summed E-state index contributed by atoms with van der Waals surface area (Å²) in [4.78, 5) is 24.4. The number of carbonyl (C=O) groups is 2. The maximum Gasteiger partial charge on any atom is 0.326 e. The van der Waals surface area contributed by atoms with E-state index in [1.54, 1.807) is 6.08 Å². The molecular weight excluding hydrogens is 314 g/mol. The lowest BCUT2D eigenvalue weighted by Crippen LogP contribution is -2.35. The van der Waals surface area contributed by atoms with Gasteiger partial charge in [0.1, 0.15) is 6.29 Å². The van der Waals surface area contributed by atoms with Gasteiger partial charge in [-0.05, 0) is 28.7 Å². The summed E-state index contributed by atoms with van der Waals surface area (Å²) < 4.78 is 4.94. The van der Waals surface area contributed by atoms with Gasteiger partial charge in [0, 0.05) is 11.8 Å². The molecule has 0 heterocycles. The van der Waals surface area contributed by atoms with E-state index in [4.69, 9.17) is 4.74 Å². The molecule has 4 heteroatoms. The van der Waals surface area contributed by atoms with Crippen LogP contribution in [0.15, 0.2) is 55.1 Å². The number of carbonyl (C=O) groups excluding carboxylic acids is 2. The van der Waals surface area contributed by atoms with Gasteiger partial charge in [-0.2, -0.15) is 5.26 Å². The number of methoxy groups -OCH3 is 1. The third-order valence-corrected chi connectivity index (χ3v) is 5.31. The number of nitriles is 1. The number of rotatable bonds is 4. The molecule has 0 spiro atoms. The second-order valence-corrected chi connectivity index (χ2v) is 6.48. The first-order valence-corrected chi connectivity index (χ1v) is 8.17. The minimum atomic E-state index is -1.39. The van der Waals surface area contributed by atoms with Gasteiger partial charge in [0.05, 0.1) is 13.2 Å². The van der Waals surface area contributed by atoms with Crippen molar-refractivity contribution in [3.63, 3.8) is 0 Å². The first-order chi connectivity index (χ1) is 12.1. The molecule has 0 unspecified atom stereocenters. The first kappa shape index (κ1) is 16.9. The van der Waals surface area contributed by atoms with Crippen molar-refractivity contribution in [2.24, 2.45) is 17.3 Å². The predicted octanol–water partition coefficient (Wildman–Crippen LogP) is 3.63. The molecular formula is C21H19NO3. The largest absolute Gasteiger partial charge is 0.468 e. The second-order valence-electron chi connectivity index (χ2n) is 6.48. The average molecular weight is 333 g/mol. The Labute approximate surface area is 146 Å². The molecule has 3 rings (SSSR count). The molecule has 126 valence electrons. The quantitative estimate of drug-likeness (QED) is 0.487. The number of aldehydes is 1. The van der Waals surface area contributed by atoms with Gasteiger partial charge in [-0.25, -0.2) is 0 Å². The number of hydrogen-bond acceptors (Lipinski definition) is 4. The highest BCUT2D eigenvalue weighted by molar-refractivity contribution is 5.86. The van der Waals surface area contributed by atoms with Crippen LogP contribution in [0.2, 0.25) is 0 Å². The Balaban J connectivity index is 2.21. The van der Waals surface area contributed by atoms with Crippen LogP contribution in [-0.4, -0.2) is 19.4 Å². The van der Waals surface area contributed by atoms with Gasteiger partial charge < -0.3 is 9.53 Å². The van der Waals surface area contributed by atoms with Crippen LogP contribution in [-0.2, 0) is 14.3 Å². The number of esters is 1. The molecule has 0 aromatic heterocycles. The van der Waals surface area contributed by atoms with E-state index in [1.807, 2.05) is 42.5 Å². The zero-order valence-electron chi connectivity index (χ0n) is 14.0. The highest BCUT2D eigenvalue weighted by Gasteiger charge is 2.59. The fourth-order valence-electron chi connectivity index (χ4n) is 4.09. The van der Waals surface area contributed by atoms with E-state index >= 15 is 0 Å². The zero-order chi connectivity index (χ0) is 18.0. The molecule has 0 bridgehead atoms. The van der Waals surface area contributed by atoms with Crippen LogP contribution in [0, 0.1) is 28.6 Å². The molecule has 4 nitrogen and oxygen atoms in total. The molecule has 2 aromatic rings. The normalized spacial score (nSPS) is 28.2. The van der Waals surface area contributed by atoms with Crippen molar-refractivity contribution in [3.05, 3.63) is 60.7 Å². The van der Waals surface area contributed by atoms with Gasteiger partial charge in [0.2, 0.25) is 0 Å². The summed E-state index contributed by atoms with van der Waals surface area (Å²) in [5.41, 5.74) is -0.589. The van der Waals surface area contributed by atoms with E-state index in [9.17, 15) is 14.9 Å². The first-order valence-electron chi connectivity index (χ1n) is 8.17. The molecule has 4 atom stereocenters. The standard InChI is InChI=1S/C21H19NO3/c1-3-14-11-21(13-22,20(24)25-2)19(18(14)12-23)17-9-8-15-6-4-5-7-16(15)10-17/h3-10,12,14,18-19H,1,11H2,2H3/t14-,18-,19+,21-/m0/s1. The minimum Gasteiger partial charge on any atom is -0.468 e. The molecule has 1 fully saturated rings. The Bertz CT molecular complexity index is 882. The van der Waals surface area contributed by atoms with Crippen LogP contribution in [0.4, 0.5) is 0 Å². The van der Waals surface area contributed by atoms with Crippen molar-refractivity contribution < 1.29 is 14.3 Å². The van der Waals surface area contributed by atoms with Crippen molar-refractivity contribution in [1.29, 1.82) is 5.26 Å². The number of allylic oxidation sites excluding steroid dienone is 1. The summed E-state index contributed by atoms with van der Waals surface area (Å²) in [5.74, 6) is -1.88. The van der Waals surface area contributed by atoms with Crippen LogP contribution in [0.25, 0.3) is 10.8 Å². The number of ether oxygens (including phenoxy) is 1. The number of benzene rings is 2. The van der Waals surface area contributed by atoms with Crippen molar-refractivity contribution in [2.45, 2.75) is 12.3 Å². The summed E-state index contributed by atoms with van der Waals surface area (Å²) >= 11 is 0. The summed E-state index contributed by atoms with van der Waals surface area (Å²) in [6.07, 6.45) is 2.74. The minimum absolute atomic E-state index is 0.237. The molecule has 0 aliphatic heterocycles. The van der Waals surface area contributed by atoms with Gasteiger partial charge in [0.15, 0.2) is 5.41 Å². The highest BCUT2D eigenvalue weighted by Crippen LogP contribution is 2.56. The van der Waals surface area contributed by atoms with Crippen LogP contribution >= 0.6 is 0 Å². The predicted molar refractivity (Wildman–Crippen MR) is 94.6 cm³/mol. The fourth-order valence-corrected chi connectivity index (χ4v) is 4.09. The molecule has 2 aromatic carbocycles. The smallest absolute Gasteiger partial charge is 0.326 e. The maximum absolute atomic E-state index is 12.5. The Morgan fingerprint density at radius 3 is 2.64 bits per heavy atom. The zero-order valence-corrected chi connectivity index (χ0v) is 14.0. The SMILES string of the molecule is C=C[C@H]1C[C@@](C#N)(C(=O)OC)[C@H](c2ccc3ccccc3c2)[C@H]1C=O. The van der Waals surface area contributed by atoms with Crippen molar-refractivity contribution in [3.8, 4) is 6.07 Å². The molecule has 0 N–H and O–H groups in total. The average Bonchev–Trinajstić information content (AvgIpc) is 3.01. The topological polar surface area (TPSA) is 67.2 Å². The van der Waals surface area contributed by atoms with Crippen molar-refractivity contribution in [1.82, 2.24) is 0 Å². The van der Waals surface area contributed by atoms with Gasteiger partial charge in [-0.1, -0.05) is 48.5 Å². The van der Waals surface area contributed by atoms with Gasteiger partial charge in [0.25, 0.3) is 0 Å². The summed E-state index contributed by atoms with van der Waals surface area (Å²) in [6.45, 7) is 3.78. The van der Waals surface area contributed by atoms with E-state index in [2.05, 4.69) is 12.6 Å². The monoisotopic (exact) mass is 333 g/mol. The van der Waals surface area contributed by atoms with E-state index < -0.39 is 23.2 Å². The molecule has 0 amide bonds. The van der Waals surface area contributed by atoms with E-state index in [0.29, 0.717) is 0 Å². The van der Waals surface area contributed by atoms with Crippen LogP contribution in [0.5, 0.6) is 0 Å². The summed E-state index contributed by atoms with van der Waals surface area (Å²) in [5, 5.41) is 12.0. The van der Waals surface area contributed by atoms with Gasteiger partial charge in [-0.3, -0.25) is 4.79 Å². The Hall–Kier alpha value is -2.93.